The predicted octanol–water partition coefficient (Wildman–Crippen LogP) is 0.615. The number of benzene rings is 1. The first-order chi connectivity index (χ1) is 11.0. The Kier molecular flexibility index (Phi) is 3.99. The molecule has 23 heavy (non-hydrogen) atoms. The molecule has 3 rings (SSSR count). The summed E-state index contributed by atoms with van der Waals surface area (Å²) in [4.78, 5) is 13.9. The summed E-state index contributed by atoms with van der Waals surface area (Å²) in [7, 11) is 1.39. The van der Waals surface area contributed by atoms with Gasteiger partial charge in [0.25, 0.3) is 0 Å². The third-order valence-corrected chi connectivity index (χ3v) is 4.06. The Bertz CT molecular complexity index is 707. The number of hydrogen-bond donors (Lipinski definition) is 2. The quantitative estimate of drug-likeness (QED) is 0.861. The number of carbonyl (C=O) groups excluding carboxylic acids is 1. The zero-order valence-electron chi connectivity index (χ0n) is 12.6. The summed E-state index contributed by atoms with van der Waals surface area (Å²) in [5, 5.41) is 20.6. The molecule has 2 N–H and O–H groups in total. The molecular weight excluding hydrogens is 303 g/mol. The van der Waals surface area contributed by atoms with Crippen LogP contribution < -0.4 is 4.74 Å². The van der Waals surface area contributed by atoms with Gasteiger partial charge in [-0.15, -0.1) is 0 Å². The summed E-state index contributed by atoms with van der Waals surface area (Å²) >= 11 is 0. The number of likely N-dealkylation sites (tertiary alicyclic amines) is 1. The Morgan fingerprint density at radius 1 is 1.57 bits per heavy atom. The van der Waals surface area contributed by atoms with Gasteiger partial charge in [-0.05, 0) is 17.7 Å². The number of aromatic amines is 1. The SMILES string of the molecule is COc1ccc(CC(=O)N2CC[C@@](O)(c3cn[nH]n3)C2)cc1F. The normalized spacial score (nSPS) is 20.7. The van der Waals surface area contributed by atoms with E-state index < -0.39 is 11.4 Å². The number of hydrogen-bond acceptors (Lipinski definition) is 5. The standard InChI is InChI=1S/C15H17FN4O3/c1-23-12-3-2-10(6-11(12)16)7-14(21)20-5-4-15(22,9-20)13-8-17-19-18-13/h2-3,6,8,22H,4-5,7,9H2,1H3,(H,17,18,19)/t15-/m0/s1. The number of H-pyrrole nitrogens is 1. The lowest BCUT2D eigenvalue weighted by Crippen LogP contribution is -2.35. The zero-order valence-corrected chi connectivity index (χ0v) is 12.6. The fourth-order valence-electron chi connectivity index (χ4n) is 2.75. The maximum absolute atomic E-state index is 13.7. The number of aromatic nitrogens is 3. The Morgan fingerprint density at radius 2 is 2.39 bits per heavy atom. The molecule has 1 aliphatic heterocycles. The molecule has 2 heterocycles. The fraction of sp³-hybridized carbons (Fsp3) is 0.400. The van der Waals surface area contributed by atoms with E-state index in [-0.39, 0.29) is 24.6 Å². The molecule has 1 amide bonds. The Morgan fingerprint density at radius 3 is 3.04 bits per heavy atom. The van der Waals surface area contributed by atoms with Crippen LogP contribution in [-0.2, 0) is 16.8 Å². The van der Waals surface area contributed by atoms with Crippen LogP contribution >= 0.6 is 0 Å². The van der Waals surface area contributed by atoms with Gasteiger partial charge in [-0.25, -0.2) is 4.39 Å². The van der Waals surface area contributed by atoms with Gasteiger partial charge in [0, 0.05) is 13.0 Å². The molecule has 1 atom stereocenters. The van der Waals surface area contributed by atoms with Crippen molar-refractivity contribution in [3.8, 4) is 5.75 Å². The number of nitrogens with one attached hydrogen (secondary N) is 1. The average Bonchev–Trinajstić information content (AvgIpc) is 3.18. The smallest absolute Gasteiger partial charge is 0.227 e. The van der Waals surface area contributed by atoms with E-state index in [9.17, 15) is 14.3 Å². The van der Waals surface area contributed by atoms with E-state index in [0.29, 0.717) is 24.2 Å². The van der Waals surface area contributed by atoms with Crippen molar-refractivity contribution in [2.24, 2.45) is 0 Å². The van der Waals surface area contributed by atoms with E-state index in [2.05, 4.69) is 15.4 Å². The van der Waals surface area contributed by atoms with Crippen LogP contribution in [0.25, 0.3) is 0 Å². The topological polar surface area (TPSA) is 91.3 Å². The van der Waals surface area contributed by atoms with E-state index in [4.69, 9.17) is 4.74 Å². The minimum Gasteiger partial charge on any atom is -0.494 e. The van der Waals surface area contributed by atoms with Gasteiger partial charge in [0.1, 0.15) is 11.3 Å². The molecule has 0 saturated carbocycles. The lowest BCUT2D eigenvalue weighted by atomic mass is 10.00. The minimum absolute atomic E-state index is 0.0653. The molecule has 0 spiro atoms. The zero-order chi connectivity index (χ0) is 16.4. The van der Waals surface area contributed by atoms with Gasteiger partial charge in [-0.2, -0.15) is 15.4 Å². The summed E-state index contributed by atoms with van der Waals surface area (Å²) in [6, 6.07) is 4.43. The van der Waals surface area contributed by atoms with Crippen LogP contribution in [0.2, 0.25) is 0 Å². The number of amides is 1. The molecule has 2 aromatic rings. The molecule has 0 radical (unpaired) electrons. The van der Waals surface area contributed by atoms with Gasteiger partial charge in [0.2, 0.25) is 5.91 Å². The van der Waals surface area contributed by atoms with Gasteiger partial charge >= 0.3 is 0 Å². The van der Waals surface area contributed by atoms with Crippen molar-refractivity contribution in [2.75, 3.05) is 20.2 Å². The van der Waals surface area contributed by atoms with Crippen molar-refractivity contribution >= 4 is 5.91 Å². The lowest BCUT2D eigenvalue weighted by molar-refractivity contribution is -0.130. The third kappa shape index (κ3) is 3.02. The molecule has 0 bridgehead atoms. The van der Waals surface area contributed by atoms with E-state index in [1.807, 2.05) is 0 Å². The van der Waals surface area contributed by atoms with E-state index in [1.165, 1.54) is 25.4 Å². The molecule has 8 heteroatoms. The first-order valence-corrected chi connectivity index (χ1v) is 7.21. The maximum Gasteiger partial charge on any atom is 0.227 e. The van der Waals surface area contributed by atoms with Crippen LogP contribution in [0.3, 0.4) is 0 Å². The average molecular weight is 320 g/mol. The van der Waals surface area contributed by atoms with Gasteiger partial charge < -0.3 is 14.7 Å². The van der Waals surface area contributed by atoms with Crippen LogP contribution in [0.15, 0.2) is 24.4 Å². The number of methoxy groups -OCH3 is 1. The highest BCUT2D eigenvalue weighted by atomic mass is 19.1. The summed E-state index contributed by atoms with van der Waals surface area (Å²) in [6.07, 6.45) is 1.91. The molecule has 0 aliphatic carbocycles. The number of ether oxygens (including phenoxy) is 1. The van der Waals surface area contributed by atoms with Crippen molar-refractivity contribution < 1.29 is 19.0 Å². The third-order valence-electron chi connectivity index (χ3n) is 4.06. The number of halogens is 1. The largest absolute Gasteiger partial charge is 0.494 e. The van der Waals surface area contributed by atoms with E-state index in [0.717, 1.165) is 0 Å². The molecule has 122 valence electrons. The highest BCUT2D eigenvalue weighted by Gasteiger charge is 2.41. The predicted molar refractivity (Wildman–Crippen MR) is 78.1 cm³/mol. The summed E-state index contributed by atoms with van der Waals surface area (Å²) in [6.45, 7) is 0.567. The van der Waals surface area contributed by atoms with Crippen LogP contribution in [0, 0.1) is 5.82 Å². The first-order valence-electron chi connectivity index (χ1n) is 7.21. The number of carbonyl (C=O) groups is 1. The number of aliphatic hydroxyl groups is 1. The second kappa shape index (κ2) is 5.96. The van der Waals surface area contributed by atoms with Crippen LogP contribution in [0.5, 0.6) is 5.75 Å². The van der Waals surface area contributed by atoms with Gasteiger partial charge in [0.05, 0.1) is 26.3 Å². The first kappa shape index (κ1) is 15.4. The second-order valence-electron chi connectivity index (χ2n) is 5.60. The number of nitrogens with zero attached hydrogens (tertiary/aromatic N) is 3. The van der Waals surface area contributed by atoms with Crippen LogP contribution in [0.1, 0.15) is 17.7 Å². The lowest BCUT2D eigenvalue weighted by Gasteiger charge is -2.21. The molecule has 1 aromatic carbocycles. The van der Waals surface area contributed by atoms with Crippen molar-refractivity contribution in [3.05, 3.63) is 41.5 Å². The molecule has 0 unspecified atom stereocenters. The number of β-amino-alcohol motifs (C(OH)–C–C–N with tert-alkyl or cyclic N) is 1. The molecule has 1 aromatic heterocycles. The molecular formula is C15H17FN4O3. The summed E-state index contributed by atoms with van der Waals surface area (Å²) < 4.78 is 18.5. The fourth-order valence-corrected chi connectivity index (χ4v) is 2.75. The maximum atomic E-state index is 13.7. The minimum atomic E-state index is -1.19. The van der Waals surface area contributed by atoms with Gasteiger partial charge in [-0.1, -0.05) is 6.07 Å². The highest BCUT2D eigenvalue weighted by molar-refractivity contribution is 5.79. The molecule has 1 saturated heterocycles. The molecule has 7 nitrogen and oxygen atoms in total. The van der Waals surface area contributed by atoms with Gasteiger partial charge in [-0.3, -0.25) is 4.79 Å². The molecule has 1 fully saturated rings. The van der Waals surface area contributed by atoms with Crippen molar-refractivity contribution in [3.63, 3.8) is 0 Å². The van der Waals surface area contributed by atoms with Crippen LogP contribution in [0.4, 0.5) is 4.39 Å². The summed E-state index contributed by atoms with van der Waals surface area (Å²) in [5.74, 6) is -0.532. The highest BCUT2D eigenvalue weighted by Crippen LogP contribution is 2.30. The van der Waals surface area contributed by atoms with E-state index in [1.54, 1.807) is 11.0 Å². The Balaban J connectivity index is 1.67. The van der Waals surface area contributed by atoms with Crippen molar-refractivity contribution in [1.29, 1.82) is 0 Å². The monoisotopic (exact) mass is 320 g/mol. The van der Waals surface area contributed by atoms with Crippen molar-refractivity contribution in [1.82, 2.24) is 20.3 Å². The number of rotatable bonds is 4. The Hall–Kier alpha value is -2.48. The van der Waals surface area contributed by atoms with Crippen LogP contribution in [-0.4, -0.2) is 51.5 Å². The van der Waals surface area contributed by atoms with E-state index >= 15 is 0 Å². The van der Waals surface area contributed by atoms with Crippen molar-refractivity contribution in [2.45, 2.75) is 18.4 Å². The second-order valence-corrected chi connectivity index (χ2v) is 5.60. The Labute approximate surface area is 132 Å². The summed E-state index contributed by atoms with van der Waals surface area (Å²) in [5.41, 5.74) is -0.207. The molecule has 1 aliphatic rings. The van der Waals surface area contributed by atoms with Gasteiger partial charge in [0.15, 0.2) is 11.6 Å².